The van der Waals surface area contributed by atoms with Crippen LogP contribution in [-0.2, 0) is 9.59 Å². The zero-order valence-corrected chi connectivity index (χ0v) is 13.4. The summed E-state index contributed by atoms with van der Waals surface area (Å²) in [7, 11) is 0. The molecular weight excluding hydrogens is 308 g/mol. The number of carboxylic acids is 1. The number of rotatable bonds is 9. The Morgan fingerprint density at radius 1 is 1.12 bits per heavy atom. The third-order valence-corrected chi connectivity index (χ3v) is 3.67. The van der Waals surface area contributed by atoms with Gasteiger partial charge in [-0.15, -0.1) is 0 Å². The van der Waals surface area contributed by atoms with Gasteiger partial charge in [0.15, 0.2) is 6.61 Å². The molecule has 0 aliphatic carbocycles. The van der Waals surface area contributed by atoms with E-state index in [1.54, 1.807) is 6.07 Å². The second-order valence-electron chi connectivity index (χ2n) is 5.54. The van der Waals surface area contributed by atoms with Crippen LogP contribution >= 0.6 is 0 Å². The highest BCUT2D eigenvalue weighted by atomic mass is 16.5. The Balaban J connectivity index is 1.87. The minimum atomic E-state index is -1.05. The standard InChI is InChI=1S/C18H22N2O4/c19-10-4-3-7-16(18(22)23)20-17(21)12-24-15-9-8-13-5-1-2-6-14(13)11-15/h1-2,5-6,8-9,11,16H,3-4,7,10,12,19H2,(H,20,21)(H,22,23)/t16-/m0/s1. The van der Waals surface area contributed by atoms with Crippen molar-refractivity contribution in [1.82, 2.24) is 5.32 Å². The average molecular weight is 330 g/mol. The molecule has 24 heavy (non-hydrogen) atoms. The minimum absolute atomic E-state index is 0.223. The molecule has 0 unspecified atom stereocenters. The molecule has 0 saturated carbocycles. The predicted molar refractivity (Wildman–Crippen MR) is 91.9 cm³/mol. The summed E-state index contributed by atoms with van der Waals surface area (Å²) in [5.74, 6) is -0.937. The van der Waals surface area contributed by atoms with E-state index in [0.717, 1.165) is 17.2 Å². The first-order valence-corrected chi connectivity index (χ1v) is 7.94. The number of nitrogens with two attached hydrogens (primary N) is 1. The highest BCUT2D eigenvalue weighted by Crippen LogP contribution is 2.20. The molecule has 1 amide bonds. The second kappa shape index (κ2) is 8.88. The van der Waals surface area contributed by atoms with Gasteiger partial charge >= 0.3 is 5.97 Å². The molecule has 0 fully saturated rings. The number of carbonyl (C=O) groups excluding carboxylic acids is 1. The average Bonchev–Trinajstić information content (AvgIpc) is 2.59. The molecule has 0 radical (unpaired) electrons. The van der Waals surface area contributed by atoms with Gasteiger partial charge in [-0.2, -0.15) is 0 Å². The lowest BCUT2D eigenvalue weighted by Gasteiger charge is -2.14. The minimum Gasteiger partial charge on any atom is -0.484 e. The van der Waals surface area contributed by atoms with Gasteiger partial charge in [-0.25, -0.2) is 4.79 Å². The lowest BCUT2D eigenvalue weighted by atomic mass is 10.1. The van der Waals surface area contributed by atoms with Gasteiger partial charge in [0.1, 0.15) is 11.8 Å². The number of carbonyl (C=O) groups is 2. The molecule has 6 heteroatoms. The van der Waals surface area contributed by atoms with E-state index < -0.39 is 17.9 Å². The number of amides is 1. The largest absolute Gasteiger partial charge is 0.484 e. The van der Waals surface area contributed by atoms with Gasteiger partial charge in [-0.05, 0) is 48.7 Å². The Morgan fingerprint density at radius 2 is 1.88 bits per heavy atom. The van der Waals surface area contributed by atoms with E-state index in [4.69, 9.17) is 15.6 Å². The Bertz CT molecular complexity index is 702. The number of benzene rings is 2. The topological polar surface area (TPSA) is 102 Å². The maximum Gasteiger partial charge on any atom is 0.326 e. The zero-order chi connectivity index (χ0) is 17.4. The fourth-order valence-electron chi connectivity index (χ4n) is 2.39. The Hall–Kier alpha value is -2.60. The molecule has 0 aliphatic rings. The third kappa shape index (κ3) is 5.24. The molecule has 0 aromatic heterocycles. The number of unbranched alkanes of at least 4 members (excludes halogenated alkanes) is 1. The first-order valence-electron chi connectivity index (χ1n) is 7.94. The fraction of sp³-hybridized carbons (Fsp3) is 0.333. The molecule has 2 aromatic carbocycles. The molecule has 0 aliphatic heterocycles. The van der Waals surface area contributed by atoms with Crippen LogP contribution in [0, 0.1) is 0 Å². The van der Waals surface area contributed by atoms with E-state index in [9.17, 15) is 9.59 Å². The van der Waals surface area contributed by atoms with Crippen molar-refractivity contribution < 1.29 is 19.4 Å². The van der Waals surface area contributed by atoms with Crippen molar-refractivity contribution in [2.24, 2.45) is 5.73 Å². The smallest absolute Gasteiger partial charge is 0.326 e. The lowest BCUT2D eigenvalue weighted by molar-refractivity contribution is -0.142. The van der Waals surface area contributed by atoms with Crippen LogP contribution in [0.25, 0.3) is 10.8 Å². The molecule has 0 heterocycles. The van der Waals surface area contributed by atoms with E-state index in [1.807, 2.05) is 36.4 Å². The summed E-state index contributed by atoms with van der Waals surface area (Å²) in [4.78, 5) is 23.1. The fourth-order valence-corrected chi connectivity index (χ4v) is 2.39. The van der Waals surface area contributed by atoms with Crippen molar-refractivity contribution in [3.8, 4) is 5.75 Å². The number of nitrogens with one attached hydrogen (secondary N) is 1. The highest BCUT2D eigenvalue weighted by molar-refractivity contribution is 5.85. The van der Waals surface area contributed by atoms with Crippen molar-refractivity contribution in [3.63, 3.8) is 0 Å². The first-order chi connectivity index (χ1) is 11.6. The van der Waals surface area contributed by atoms with Crippen LogP contribution in [0.15, 0.2) is 42.5 Å². The van der Waals surface area contributed by atoms with E-state index in [1.165, 1.54) is 0 Å². The van der Waals surface area contributed by atoms with Gasteiger partial charge in [-0.1, -0.05) is 30.3 Å². The molecule has 2 rings (SSSR count). The van der Waals surface area contributed by atoms with Crippen molar-refractivity contribution in [3.05, 3.63) is 42.5 Å². The van der Waals surface area contributed by atoms with Crippen molar-refractivity contribution in [1.29, 1.82) is 0 Å². The molecule has 1 atom stereocenters. The summed E-state index contributed by atoms with van der Waals surface area (Å²) >= 11 is 0. The van der Waals surface area contributed by atoms with Crippen LogP contribution in [0.2, 0.25) is 0 Å². The monoisotopic (exact) mass is 330 g/mol. The van der Waals surface area contributed by atoms with Gasteiger partial charge in [0.05, 0.1) is 0 Å². The van der Waals surface area contributed by atoms with Crippen LogP contribution in [0.1, 0.15) is 19.3 Å². The number of carboxylic acid groups (broad SMARTS) is 1. The van der Waals surface area contributed by atoms with E-state index in [-0.39, 0.29) is 6.61 Å². The number of aliphatic carboxylic acids is 1. The summed E-state index contributed by atoms with van der Waals surface area (Å²) in [6, 6.07) is 12.5. The van der Waals surface area contributed by atoms with E-state index >= 15 is 0 Å². The van der Waals surface area contributed by atoms with Gasteiger partial charge < -0.3 is 20.9 Å². The van der Waals surface area contributed by atoms with Crippen molar-refractivity contribution in [2.75, 3.05) is 13.2 Å². The molecule has 4 N–H and O–H groups in total. The maximum absolute atomic E-state index is 11.9. The normalized spacial score (nSPS) is 11.9. The van der Waals surface area contributed by atoms with Crippen LogP contribution in [0.3, 0.4) is 0 Å². The van der Waals surface area contributed by atoms with Gasteiger partial charge in [-0.3, -0.25) is 4.79 Å². The van der Waals surface area contributed by atoms with E-state index in [2.05, 4.69) is 5.32 Å². The van der Waals surface area contributed by atoms with Crippen LogP contribution < -0.4 is 15.8 Å². The van der Waals surface area contributed by atoms with Crippen LogP contribution in [0.5, 0.6) is 5.75 Å². The lowest BCUT2D eigenvalue weighted by Crippen LogP contribution is -2.43. The van der Waals surface area contributed by atoms with Gasteiger partial charge in [0.2, 0.25) is 0 Å². The first kappa shape index (κ1) is 17.7. The number of hydrogen-bond donors (Lipinski definition) is 3. The molecular formula is C18H22N2O4. The molecule has 0 saturated heterocycles. The molecule has 6 nitrogen and oxygen atoms in total. The zero-order valence-electron chi connectivity index (χ0n) is 13.4. The Kier molecular flexibility index (Phi) is 6.57. The van der Waals surface area contributed by atoms with Crippen molar-refractivity contribution in [2.45, 2.75) is 25.3 Å². The molecule has 128 valence electrons. The third-order valence-electron chi connectivity index (χ3n) is 3.67. The Labute approximate surface area is 140 Å². The Morgan fingerprint density at radius 3 is 2.58 bits per heavy atom. The second-order valence-corrected chi connectivity index (χ2v) is 5.54. The summed E-state index contributed by atoms with van der Waals surface area (Å²) in [6.45, 7) is 0.282. The van der Waals surface area contributed by atoms with Gasteiger partial charge in [0.25, 0.3) is 5.91 Å². The maximum atomic E-state index is 11.9. The number of fused-ring (bicyclic) bond motifs is 1. The number of ether oxygens (including phenoxy) is 1. The van der Waals surface area contributed by atoms with E-state index in [0.29, 0.717) is 25.1 Å². The van der Waals surface area contributed by atoms with Crippen LogP contribution in [-0.4, -0.2) is 36.2 Å². The summed E-state index contributed by atoms with van der Waals surface area (Å²) in [5, 5.41) is 13.7. The molecule has 0 bridgehead atoms. The predicted octanol–water partition coefficient (Wildman–Crippen LogP) is 1.92. The van der Waals surface area contributed by atoms with Gasteiger partial charge in [0, 0.05) is 0 Å². The molecule has 2 aromatic rings. The summed E-state index contributed by atoms with van der Waals surface area (Å²) in [5.41, 5.74) is 5.39. The summed E-state index contributed by atoms with van der Waals surface area (Å²) in [6.07, 6.45) is 1.74. The SMILES string of the molecule is NCCCC[C@H](NC(=O)COc1ccc2ccccc2c1)C(=O)O. The van der Waals surface area contributed by atoms with Crippen LogP contribution in [0.4, 0.5) is 0 Å². The van der Waals surface area contributed by atoms with Crippen molar-refractivity contribution >= 4 is 22.6 Å². The molecule has 0 spiro atoms. The summed E-state index contributed by atoms with van der Waals surface area (Å²) < 4.78 is 5.46. The number of hydrogen-bond acceptors (Lipinski definition) is 4. The quantitative estimate of drug-likeness (QED) is 0.610. The highest BCUT2D eigenvalue weighted by Gasteiger charge is 2.19.